The molecule has 0 spiro atoms. The van der Waals surface area contributed by atoms with E-state index in [2.05, 4.69) is 34.7 Å². The van der Waals surface area contributed by atoms with Gasteiger partial charge in [-0.1, -0.05) is 61.9 Å². The number of thioether (sulfide) groups is 1. The van der Waals surface area contributed by atoms with Crippen molar-refractivity contribution in [1.29, 1.82) is 0 Å². The van der Waals surface area contributed by atoms with Gasteiger partial charge in [-0.25, -0.2) is 4.68 Å². The summed E-state index contributed by atoms with van der Waals surface area (Å²) in [6, 6.07) is 10.2. The molecule has 1 N–H and O–H groups in total. The number of hydrogen-bond acceptors (Lipinski definition) is 4. The Morgan fingerprint density at radius 1 is 1.23 bits per heavy atom. The third kappa shape index (κ3) is 4.87. The van der Waals surface area contributed by atoms with Crippen LogP contribution >= 0.6 is 11.8 Å². The van der Waals surface area contributed by atoms with Gasteiger partial charge in [0.2, 0.25) is 11.1 Å². The lowest BCUT2D eigenvalue weighted by Crippen LogP contribution is -2.24. The van der Waals surface area contributed by atoms with Gasteiger partial charge in [0.1, 0.15) is 5.82 Å². The lowest BCUT2D eigenvalue weighted by molar-refractivity contribution is -0.117. The Bertz CT molecular complexity index is 597. The molecule has 0 unspecified atom stereocenters. The molecule has 118 valence electrons. The largest absolute Gasteiger partial charge is 0.273 e. The molecular formula is C16H22N4OS. The number of nitrogens with zero attached hydrogens (tertiary/aromatic N) is 3. The van der Waals surface area contributed by atoms with Crippen molar-refractivity contribution in [3.05, 3.63) is 41.7 Å². The number of aromatic nitrogens is 3. The normalized spacial score (nSPS) is 10.6. The van der Waals surface area contributed by atoms with E-state index in [0.717, 1.165) is 25.0 Å². The minimum Gasteiger partial charge on any atom is -0.273 e. The summed E-state index contributed by atoms with van der Waals surface area (Å²) >= 11 is 1.57. The maximum absolute atomic E-state index is 12.0. The van der Waals surface area contributed by atoms with Gasteiger partial charge in [0.15, 0.2) is 0 Å². The van der Waals surface area contributed by atoms with Crippen LogP contribution in [0.3, 0.4) is 0 Å². The number of carbonyl (C=O) groups is 1. The van der Waals surface area contributed by atoms with Gasteiger partial charge in [0.05, 0.1) is 0 Å². The van der Waals surface area contributed by atoms with Crippen molar-refractivity contribution in [1.82, 2.24) is 14.9 Å². The first-order valence-electron chi connectivity index (χ1n) is 7.59. The summed E-state index contributed by atoms with van der Waals surface area (Å²) in [5.41, 5.74) is 4.10. The molecule has 1 aromatic carbocycles. The van der Waals surface area contributed by atoms with Crippen LogP contribution in [0.2, 0.25) is 0 Å². The topological polar surface area (TPSA) is 59.8 Å². The van der Waals surface area contributed by atoms with Gasteiger partial charge >= 0.3 is 0 Å². The summed E-state index contributed by atoms with van der Waals surface area (Å²) < 4.78 is 1.68. The van der Waals surface area contributed by atoms with Crippen molar-refractivity contribution in [3.63, 3.8) is 0 Å². The van der Waals surface area contributed by atoms with Gasteiger partial charge in [-0.2, -0.15) is 0 Å². The number of nitrogens with one attached hydrogen (secondary N) is 1. The molecular weight excluding hydrogens is 296 g/mol. The molecule has 2 rings (SSSR count). The molecule has 0 saturated carbocycles. The second kappa shape index (κ2) is 8.58. The highest BCUT2D eigenvalue weighted by atomic mass is 32.2. The minimum atomic E-state index is 0.0120. The van der Waals surface area contributed by atoms with Crippen LogP contribution in [0.4, 0.5) is 0 Å². The summed E-state index contributed by atoms with van der Waals surface area (Å²) in [6.07, 6.45) is 3.63. The summed E-state index contributed by atoms with van der Waals surface area (Å²) in [5.74, 6) is 1.50. The van der Waals surface area contributed by atoms with Crippen molar-refractivity contribution in [2.24, 2.45) is 0 Å². The second-order valence-corrected chi connectivity index (χ2v) is 6.07. The van der Waals surface area contributed by atoms with Gasteiger partial charge in [-0.15, -0.1) is 10.2 Å². The highest BCUT2D eigenvalue weighted by Crippen LogP contribution is 2.20. The van der Waals surface area contributed by atoms with E-state index in [1.165, 1.54) is 5.56 Å². The van der Waals surface area contributed by atoms with Crippen molar-refractivity contribution >= 4 is 17.7 Å². The van der Waals surface area contributed by atoms with Gasteiger partial charge in [0, 0.05) is 12.2 Å². The molecule has 0 bridgehead atoms. The molecule has 0 atom stereocenters. The predicted octanol–water partition coefficient (Wildman–Crippen LogP) is 3.53. The zero-order valence-electron chi connectivity index (χ0n) is 13.1. The van der Waals surface area contributed by atoms with E-state index in [1.807, 2.05) is 25.1 Å². The van der Waals surface area contributed by atoms with Crippen LogP contribution in [0.15, 0.2) is 35.5 Å². The molecule has 1 aromatic heterocycles. The molecule has 0 fully saturated rings. The van der Waals surface area contributed by atoms with E-state index < -0.39 is 0 Å². The van der Waals surface area contributed by atoms with Crippen LogP contribution in [0, 0.1) is 6.92 Å². The number of benzene rings is 1. The van der Waals surface area contributed by atoms with Crippen LogP contribution in [-0.4, -0.2) is 20.8 Å². The van der Waals surface area contributed by atoms with Gasteiger partial charge in [-0.3, -0.25) is 10.2 Å². The van der Waals surface area contributed by atoms with Crippen LogP contribution in [0.5, 0.6) is 0 Å². The van der Waals surface area contributed by atoms with E-state index in [1.54, 1.807) is 16.4 Å². The number of aryl methyl sites for hydroxylation is 1. The van der Waals surface area contributed by atoms with Crippen molar-refractivity contribution in [2.45, 2.75) is 50.4 Å². The molecule has 0 radical (unpaired) electrons. The van der Waals surface area contributed by atoms with Crippen molar-refractivity contribution in [2.75, 3.05) is 5.43 Å². The molecule has 1 heterocycles. The summed E-state index contributed by atoms with van der Waals surface area (Å²) in [7, 11) is 0. The number of carbonyl (C=O) groups excluding carboxylic acids is 1. The Hall–Kier alpha value is -1.82. The fourth-order valence-electron chi connectivity index (χ4n) is 2.00. The zero-order valence-corrected chi connectivity index (χ0v) is 13.9. The van der Waals surface area contributed by atoms with Gasteiger partial charge in [0.25, 0.3) is 0 Å². The Morgan fingerprint density at radius 2 is 2.00 bits per heavy atom. The Labute approximate surface area is 135 Å². The molecule has 22 heavy (non-hydrogen) atoms. The Morgan fingerprint density at radius 3 is 2.73 bits per heavy atom. The molecule has 0 aliphatic rings. The van der Waals surface area contributed by atoms with E-state index >= 15 is 0 Å². The molecule has 2 aromatic rings. The summed E-state index contributed by atoms with van der Waals surface area (Å²) in [6.45, 7) is 3.96. The SMILES string of the molecule is CCCCCC(=O)Nn1c(C)nnc1SCc1ccccc1. The van der Waals surface area contributed by atoms with Gasteiger partial charge in [-0.05, 0) is 18.9 Å². The molecule has 1 amide bonds. The van der Waals surface area contributed by atoms with Crippen LogP contribution in [-0.2, 0) is 10.5 Å². The first-order valence-corrected chi connectivity index (χ1v) is 8.58. The number of amides is 1. The Balaban J connectivity index is 1.94. The maximum Gasteiger partial charge on any atom is 0.238 e. The third-order valence-corrected chi connectivity index (χ3v) is 4.25. The molecule has 0 aliphatic carbocycles. The van der Waals surface area contributed by atoms with E-state index in [4.69, 9.17) is 0 Å². The number of hydrogen-bond donors (Lipinski definition) is 1. The second-order valence-electron chi connectivity index (χ2n) is 5.13. The highest BCUT2D eigenvalue weighted by Gasteiger charge is 2.12. The maximum atomic E-state index is 12.0. The van der Waals surface area contributed by atoms with E-state index in [9.17, 15) is 4.79 Å². The smallest absolute Gasteiger partial charge is 0.238 e. The summed E-state index contributed by atoms with van der Waals surface area (Å²) in [5, 5.41) is 8.91. The van der Waals surface area contributed by atoms with E-state index in [-0.39, 0.29) is 5.91 Å². The first-order chi connectivity index (χ1) is 10.7. The van der Waals surface area contributed by atoms with Crippen LogP contribution < -0.4 is 5.43 Å². The molecule has 5 nitrogen and oxygen atoms in total. The lowest BCUT2D eigenvalue weighted by Gasteiger charge is -2.10. The average Bonchev–Trinajstić information content (AvgIpc) is 2.87. The van der Waals surface area contributed by atoms with Crippen molar-refractivity contribution < 1.29 is 4.79 Å². The average molecular weight is 318 g/mol. The fraction of sp³-hybridized carbons (Fsp3) is 0.438. The minimum absolute atomic E-state index is 0.0120. The molecule has 0 aliphatic heterocycles. The third-order valence-electron chi connectivity index (χ3n) is 3.25. The van der Waals surface area contributed by atoms with Crippen molar-refractivity contribution in [3.8, 4) is 0 Å². The van der Waals surface area contributed by atoms with E-state index in [0.29, 0.717) is 17.4 Å². The first kappa shape index (κ1) is 16.5. The monoisotopic (exact) mass is 318 g/mol. The number of unbranched alkanes of at least 4 members (excludes halogenated alkanes) is 2. The van der Waals surface area contributed by atoms with Crippen LogP contribution in [0.25, 0.3) is 0 Å². The number of rotatable bonds is 8. The lowest BCUT2D eigenvalue weighted by atomic mass is 10.2. The zero-order chi connectivity index (χ0) is 15.8. The molecule has 0 saturated heterocycles. The van der Waals surface area contributed by atoms with Gasteiger partial charge < -0.3 is 0 Å². The highest BCUT2D eigenvalue weighted by molar-refractivity contribution is 7.98. The summed E-state index contributed by atoms with van der Waals surface area (Å²) in [4.78, 5) is 12.0. The fourth-order valence-corrected chi connectivity index (χ4v) is 2.90. The standard InChI is InChI=1S/C16H22N4OS/c1-3-4-6-11-15(21)19-20-13(2)17-18-16(20)22-12-14-9-7-5-8-10-14/h5,7-10H,3-4,6,11-12H2,1-2H3,(H,19,21). The van der Waals surface area contributed by atoms with Crippen LogP contribution in [0.1, 0.15) is 44.0 Å². The molecule has 6 heteroatoms. The quantitative estimate of drug-likeness (QED) is 0.597. The predicted molar refractivity (Wildman–Crippen MR) is 89.3 cm³/mol. The Kier molecular flexibility index (Phi) is 6.45.